The number of hydrogen-bond acceptors (Lipinski definition) is 7. The second kappa shape index (κ2) is 8.62. The van der Waals surface area contributed by atoms with Gasteiger partial charge in [0.05, 0.1) is 27.2 Å². The molecule has 1 saturated heterocycles. The van der Waals surface area contributed by atoms with Crippen molar-refractivity contribution >= 4 is 27.0 Å². The van der Waals surface area contributed by atoms with Gasteiger partial charge in [0.15, 0.2) is 0 Å². The fourth-order valence-corrected chi connectivity index (χ4v) is 5.87. The summed E-state index contributed by atoms with van der Waals surface area (Å²) in [5.41, 5.74) is 3.61. The first-order valence-corrected chi connectivity index (χ1v) is 12.8. The van der Waals surface area contributed by atoms with E-state index in [1.165, 1.54) is 4.31 Å². The smallest absolute Gasteiger partial charge is 0.259 e. The molecular weight excluding hydrogens is 468 g/mol. The number of amides is 1. The third-order valence-electron chi connectivity index (χ3n) is 6.35. The fraction of sp³-hybridized carbons (Fsp3) is 0.320. The molecule has 1 fully saturated rings. The molecule has 1 aromatic carbocycles. The Balaban J connectivity index is 1.43. The zero-order valence-electron chi connectivity index (χ0n) is 20.0. The number of hydrogen-bond donors (Lipinski definition) is 0. The van der Waals surface area contributed by atoms with Gasteiger partial charge in [0.2, 0.25) is 10.0 Å². The van der Waals surface area contributed by atoms with Crippen molar-refractivity contribution < 1.29 is 22.2 Å². The molecule has 0 unspecified atom stereocenters. The average molecular weight is 495 g/mol. The zero-order chi connectivity index (χ0) is 24.9. The van der Waals surface area contributed by atoms with Crippen LogP contribution in [0.15, 0.2) is 50.2 Å². The summed E-state index contributed by atoms with van der Waals surface area (Å²) >= 11 is 0. The molecule has 0 spiro atoms. The van der Waals surface area contributed by atoms with Gasteiger partial charge in [-0.2, -0.15) is 4.31 Å². The van der Waals surface area contributed by atoms with E-state index in [1.54, 1.807) is 42.2 Å². The molecule has 10 heteroatoms. The van der Waals surface area contributed by atoms with Crippen LogP contribution < -0.4 is 0 Å². The summed E-state index contributed by atoms with van der Waals surface area (Å²) < 4.78 is 38.6. The third kappa shape index (κ3) is 4.12. The van der Waals surface area contributed by atoms with Gasteiger partial charge in [0.25, 0.3) is 11.6 Å². The van der Waals surface area contributed by atoms with Gasteiger partial charge in [-0.3, -0.25) is 4.79 Å². The summed E-state index contributed by atoms with van der Waals surface area (Å²) in [6, 6.07) is 10.4. The van der Waals surface area contributed by atoms with Gasteiger partial charge in [-0.25, -0.2) is 13.4 Å². The van der Waals surface area contributed by atoms with Crippen molar-refractivity contribution in [3.05, 3.63) is 64.7 Å². The monoisotopic (exact) mass is 494 g/mol. The Morgan fingerprint density at radius 1 is 0.971 bits per heavy atom. The van der Waals surface area contributed by atoms with Gasteiger partial charge in [0.1, 0.15) is 11.5 Å². The quantitative estimate of drug-likeness (QED) is 0.424. The summed E-state index contributed by atoms with van der Waals surface area (Å²) in [7, 11) is -3.62. The number of benzene rings is 1. The van der Waals surface area contributed by atoms with Gasteiger partial charge < -0.3 is 13.8 Å². The first-order chi connectivity index (χ1) is 16.6. The zero-order valence-corrected chi connectivity index (χ0v) is 20.8. The van der Waals surface area contributed by atoms with Crippen LogP contribution in [0.4, 0.5) is 0 Å². The van der Waals surface area contributed by atoms with E-state index in [4.69, 9.17) is 8.94 Å². The second-order valence-electron chi connectivity index (χ2n) is 8.84. The van der Waals surface area contributed by atoms with E-state index >= 15 is 0 Å². The van der Waals surface area contributed by atoms with Crippen LogP contribution in [0.25, 0.3) is 22.4 Å². The lowest BCUT2D eigenvalue weighted by Crippen LogP contribution is -2.50. The maximum absolute atomic E-state index is 13.6. The molecule has 0 saturated carbocycles. The molecule has 182 valence electrons. The number of aryl methyl sites for hydroxylation is 4. The lowest BCUT2D eigenvalue weighted by atomic mass is 10.0. The summed E-state index contributed by atoms with van der Waals surface area (Å²) in [5, 5.41) is 4.57. The van der Waals surface area contributed by atoms with E-state index in [-0.39, 0.29) is 42.7 Å². The van der Waals surface area contributed by atoms with Crippen molar-refractivity contribution in [2.24, 2.45) is 0 Å². The van der Waals surface area contributed by atoms with Crippen LogP contribution in [0.3, 0.4) is 0 Å². The molecule has 0 radical (unpaired) electrons. The molecule has 0 aliphatic carbocycles. The summed E-state index contributed by atoms with van der Waals surface area (Å²) in [6.07, 6.45) is 0. The first-order valence-electron chi connectivity index (χ1n) is 11.4. The predicted octanol–water partition coefficient (Wildman–Crippen LogP) is 3.86. The minimum atomic E-state index is -3.62. The summed E-state index contributed by atoms with van der Waals surface area (Å²) in [4.78, 5) is 20.1. The van der Waals surface area contributed by atoms with E-state index in [1.807, 2.05) is 26.8 Å². The number of fused-ring (bicyclic) bond motifs is 1. The Bertz CT molecular complexity index is 1530. The van der Waals surface area contributed by atoms with Gasteiger partial charge in [-0.15, -0.1) is 0 Å². The molecule has 35 heavy (non-hydrogen) atoms. The lowest BCUT2D eigenvalue weighted by Gasteiger charge is -2.34. The number of pyridine rings is 1. The van der Waals surface area contributed by atoms with E-state index in [9.17, 15) is 13.2 Å². The Morgan fingerprint density at radius 2 is 1.66 bits per heavy atom. The Labute approximate surface area is 203 Å². The van der Waals surface area contributed by atoms with Crippen molar-refractivity contribution in [1.82, 2.24) is 19.3 Å². The molecule has 1 aliphatic rings. The highest BCUT2D eigenvalue weighted by atomic mass is 32.2. The van der Waals surface area contributed by atoms with Gasteiger partial charge in [0, 0.05) is 31.7 Å². The number of sulfonamides is 1. The number of piperazine rings is 1. The summed E-state index contributed by atoms with van der Waals surface area (Å²) in [6.45, 7) is 8.35. The predicted molar refractivity (Wildman–Crippen MR) is 130 cm³/mol. The largest absolute Gasteiger partial charge is 0.466 e. The molecule has 4 heterocycles. The highest BCUT2D eigenvalue weighted by molar-refractivity contribution is 7.89. The number of rotatable bonds is 4. The number of carbonyl (C=O) groups is 1. The molecule has 1 amide bonds. The molecular formula is C25H26N4O5S. The van der Waals surface area contributed by atoms with E-state index in [0.29, 0.717) is 28.1 Å². The van der Waals surface area contributed by atoms with Crippen molar-refractivity contribution in [2.75, 3.05) is 26.2 Å². The summed E-state index contributed by atoms with van der Waals surface area (Å²) in [5.74, 6) is 1.22. The van der Waals surface area contributed by atoms with Crippen LogP contribution in [-0.4, -0.2) is 59.8 Å². The van der Waals surface area contributed by atoms with E-state index < -0.39 is 10.0 Å². The Hall–Kier alpha value is -3.50. The van der Waals surface area contributed by atoms with Gasteiger partial charge in [-0.1, -0.05) is 22.9 Å². The van der Waals surface area contributed by atoms with Gasteiger partial charge in [-0.05, 0) is 52.0 Å². The standard InChI is InChI=1S/C25H26N4O5S/c1-15-5-7-19(8-6-15)35(31,32)29-11-9-28(10-12-29)25(30)21-14-22(20-13-16(2)33-18(20)4)26-24-23(21)17(3)27-34-24/h5-8,13-14H,9-12H2,1-4H3. The normalized spacial score (nSPS) is 15.1. The van der Waals surface area contributed by atoms with Crippen LogP contribution in [0.1, 0.15) is 33.1 Å². The van der Waals surface area contributed by atoms with Crippen LogP contribution >= 0.6 is 0 Å². The minimum Gasteiger partial charge on any atom is -0.466 e. The Morgan fingerprint density at radius 3 is 2.29 bits per heavy atom. The molecule has 0 atom stereocenters. The van der Waals surface area contributed by atoms with E-state index in [0.717, 1.165) is 16.9 Å². The first kappa shape index (κ1) is 23.3. The maximum Gasteiger partial charge on any atom is 0.259 e. The SMILES string of the molecule is Cc1ccc(S(=O)(=O)N2CCN(C(=O)c3cc(-c4cc(C)oc4C)nc4onc(C)c34)CC2)cc1. The molecule has 4 aromatic rings. The average Bonchev–Trinajstić information content (AvgIpc) is 3.39. The highest BCUT2D eigenvalue weighted by Gasteiger charge is 2.32. The molecule has 0 bridgehead atoms. The molecule has 5 rings (SSSR count). The van der Waals surface area contributed by atoms with Crippen molar-refractivity contribution in [1.29, 1.82) is 0 Å². The molecule has 1 aliphatic heterocycles. The molecule has 9 nitrogen and oxygen atoms in total. The van der Waals surface area contributed by atoms with Crippen molar-refractivity contribution in [2.45, 2.75) is 32.6 Å². The van der Waals surface area contributed by atoms with Crippen LogP contribution in [0.5, 0.6) is 0 Å². The third-order valence-corrected chi connectivity index (χ3v) is 8.26. The topological polar surface area (TPSA) is 110 Å². The lowest BCUT2D eigenvalue weighted by molar-refractivity contribution is 0.0699. The van der Waals surface area contributed by atoms with Crippen LogP contribution in [0.2, 0.25) is 0 Å². The van der Waals surface area contributed by atoms with Crippen LogP contribution in [-0.2, 0) is 10.0 Å². The second-order valence-corrected chi connectivity index (χ2v) is 10.8. The number of carbonyl (C=O) groups excluding carboxylic acids is 1. The number of nitrogens with zero attached hydrogens (tertiary/aromatic N) is 4. The van der Waals surface area contributed by atoms with Crippen LogP contribution in [0, 0.1) is 27.7 Å². The van der Waals surface area contributed by atoms with Gasteiger partial charge >= 0.3 is 0 Å². The van der Waals surface area contributed by atoms with Crippen molar-refractivity contribution in [3.8, 4) is 11.3 Å². The van der Waals surface area contributed by atoms with E-state index in [2.05, 4.69) is 10.1 Å². The number of furan rings is 1. The molecule has 3 aromatic heterocycles. The minimum absolute atomic E-state index is 0.213. The highest BCUT2D eigenvalue weighted by Crippen LogP contribution is 2.31. The number of aromatic nitrogens is 2. The maximum atomic E-state index is 13.6. The molecule has 0 N–H and O–H groups in total. The Kier molecular flexibility index (Phi) is 5.72. The van der Waals surface area contributed by atoms with Crippen molar-refractivity contribution in [3.63, 3.8) is 0 Å². The fourth-order valence-electron chi connectivity index (χ4n) is 4.45.